The second kappa shape index (κ2) is 11.2. The molecule has 1 N–H and O–H groups in total. The fourth-order valence-electron chi connectivity index (χ4n) is 5.11. The van der Waals surface area contributed by atoms with Gasteiger partial charge >= 0.3 is 0 Å². The molecule has 2 heterocycles. The molecule has 1 aliphatic rings. The minimum absolute atomic E-state index is 0.0659. The molecule has 186 valence electrons. The Balaban J connectivity index is 1.40. The maximum atomic E-state index is 13.1. The van der Waals surface area contributed by atoms with Crippen molar-refractivity contribution in [3.05, 3.63) is 95.1 Å². The van der Waals surface area contributed by atoms with E-state index in [1.165, 1.54) is 18.2 Å². The summed E-state index contributed by atoms with van der Waals surface area (Å²) in [5.74, 6) is 1.42. The summed E-state index contributed by atoms with van der Waals surface area (Å²) in [6.45, 7) is 3.86. The van der Waals surface area contributed by atoms with Crippen LogP contribution in [0.15, 0.2) is 79.0 Å². The van der Waals surface area contributed by atoms with E-state index in [0.29, 0.717) is 18.0 Å². The number of benzene rings is 3. The number of fused-ring (bicyclic) bond motifs is 1. The lowest BCUT2D eigenvalue weighted by molar-refractivity contribution is -0.121. The second-order valence-corrected chi connectivity index (χ2v) is 9.93. The van der Waals surface area contributed by atoms with Gasteiger partial charge in [0.2, 0.25) is 5.91 Å². The highest BCUT2D eigenvalue weighted by Gasteiger charge is 2.23. The van der Waals surface area contributed by atoms with Gasteiger partial charge in [-0.25, -0.2) is 0 Å². The highest BCUT2D eigenvalue weighted by Crippen LogP contribution is 2.36. The van der Waals surface area contributed by atoms with Crippen molar-refractivity contribution >= 4 is 28.4 Å². The molecule has 1 amide bonds. The fraction of sp³-hybridized carbons (Fsp3) is 0.300. The Hall–Kier alpha value is -3.28. The molecule has 4 aromatic rings. The Labute approximate surface area is 217 Å². The lowest BCUT2D eigenvalue weighted by atomic mass is 9.88. The summed E-state index contributed by atoms with van der Waals surface area (Å²) in [5.41, 5.74) is 3.35. The van der Waals surface area contributed by atoms with Crippen molar-refractivity contribution in [3.63, 3.8) is 0 Å². The van der Waals surface area contributed by atoms with E-state index in [4.69, 9.17) is 16.3 Å². The number of carbonyl (C=O) groups excluding carboxylic acids is 1. The smallest absolute Gasteiger partial charge is 0.220 e. The van der Waals surface area contributed by atoms with Crippen LogP contribution in [0.5, 0.6) is 11.5 Å². The molecule has 1 aliphatic heterocycles. The van der Waals surface area contributed by atoms with Crippen molar-refractivity contribution in [2.24, 2.45) is 7.05 Å². The van der Waals surface area contributed by atoms with E-state index in [1.807, 2.05) is 48.5 Å². The monoisotopic (exact) mass is 501 g/mol. The number of aryl methyl sites for hydroxylation is 1. The maximum absolute atomic E-state index is 13.1. The van der Waals surface area contributed by atoms with Crippen LogP contribution in [0.3, 0.4) is 0 Å². The zero-order valence-corrected chi connectivity index (χ0v) is 21.4. The van der Waals surface area contributed by atoms with E-state index in [1.54, 1.807) is 0 Å². The minimum Gasteiger partial charge on any atom is -0.457 e. The van der Waals surface area contributed by atoms with Crippen molar-refractivity contribution in [1.29, 1.82) is 0 Å². The van der Waals surface area contributed by atoms with Gasteiger partial charge in [-0.1, -0.05) is 41.9 Å². The molecular formula is C30H32ClN3O2. The quantitative estimate of drug-likeness (QED) is 0.290. The first kappa shape index (κ1) is 24.4. The lowest BCUT2D eigenvalue weighted by Gasteiger charge is -2.19. The van der Waals surface area contributed by atoms with Gasteiger partial charge in [-0.05, 0) is 79.5 Å². The summed E-state index contributed by atoms with van der Waals surface area (Å²) in [7, 11) is 2.05. The zero-order valence-electron chi connectivity index (χ0n) is 20.6. The van der Waals surface area contributed by atoms with E-state index < -0.39 is 0 Å². The Morgan fingerprint density at radius 3 is 2.58 bits per heavy atom. The molecule has 5 rings (SSSR count). The molecule has 6 heteroatoms. The van der Waals surface area contributed by atoms with Crippen LogP contribution in [0, 0.1) is 0 Å². The normalized spacial score (nSPS) is 14.7. The number of para-hydroxylation sites is 1. The Bertz CT molecular complexity index is 1330. The lowest BCUT2D eigenvalue weighted by Crippen LogP contribution is -2.34. The summed E-state index contributed by atoms with van der Waals surface area (Å²) in [4.78, 5) is 15.6. The molecule has 3 aromatic carbocycles. The Kier molecular flexibility index (Phi) is 7.59. The number of ether oxygens (including phenoxy) is 1. The Morgan fingerprint density at radius 2 is 1.78 bits per heavy atom. The number of nitrogens with zero attached hydrogens (tertiary/aromatic N) is 2. The van der Waals surface area contributed by atoms with Gasteiger partial charge in [0.1, 0.15) is 11.5 Å². The average Bonchev–Trinajstić information content (AvgIpc) is 3.52. The van der Waals surface area contributed by atoms with Gasteiger partial charge in [0, 0.05) is 54.6 Å². The molecule has 0 bridgehead atoms. The number of carbonyl (C=O) groups is 1. The van der Waals surface area contributed by atoms with Crippen LogP contribution in [-0.2, 0) is 11.8 Å². The number of aromatic nitrogens is 1. The summed E-state index contributed by atoms with van der Waals surface area (Å²) >= 11 is 6.02. The van der Waals surface area contributed by atoms with Crippen LogP contribution < -0.4 is 10.1 Å². The van der Waals surface area contributed by atoms with Gasteiger partial charge in [0.15, 0.2) is 0 Å². The summed E-state index contributed by atoms with van der Waals surface area (Å²) < 4.78 is 8.25. The third-order valence-corrected chi connectivity index (χ3v) is 7.20. The summed E-state index contributed by atoms with van der Waals surface area (Å²) in [6, 6.07) is 23.7. The molecule has 1 atom stereocenters. The van der Waals surface area contributed by atoms with Crippen LogP contribution in [0.1, 0.15) is 36.3 Å². The Morgan fingerprint density at radius 1 is 1.00 bits per heavy atom. The van der Waals surface area contributed by atoms with Crippen molar-refractivity contribution in [2.75, 3.05) is 26.2 Å². The van der Waals surface area contributed by atoms with Crippen molar-refractivity contribution in [1.82, 2.24) is 14.8 Å². The summed E-state index contributed by atoms with van der Waals surface area (Å²) in [5, 5.41) is 5.00. The third-order valence-electron chi connectivity index (χ3n) is 6.95. The van der Waals surface area contributed by atoms with Gasteiger partial charge in [-0.15, -0.1) is 0 Å². The first-order valence-corrected chi connectivity index (χ1v) is 13.0. The molecular weight excluding hydrogens is 470 g/mol. The number of rotatable bonds is 9. The SMILES string of the molecule is Cn1cc([C@H](CC(=O)NCCN2CCCC2)c2cccc(Oc3ccc(Cl)cc3)c2)c2ccccc21. The van der Waals surface area contributed by atoms with Crippen LogP contribution in [0.4, 0.5) is 0 Å². The second-order valence-electron chi connectivity index (χ2n) is 9.50. The molecule has 0 aliphatic carbocycles. The molecule has 1 fully saturated rings. The minimum atomic E-state index is -0.100. The molecule has 0 unspecified atom stereocenters. The largest absolute Gasteiger partial charge is 0.457 e. The first-order chi connectivity index (χ1) is 17.6. The molecule has 36 heavy (non-hydrogen) atoms. The van der Waals surface area contributed by atoms with Crippen LogP contribution in [-0.4, -0.2) is 41.6 Å². The first-order valence-electron chi connectivity index (χ1n) is 12.6. The van der Waals surface area contributed by atoms with Gasteiger partial charge in [-0.2, -0.15) is 0 Å². The topological polar surface area (TPSA) is 46.5 Å². The van der Waals surface area contributed by atoms with Crippen molar-refractivity contribution < 1.29 is 9.53 Å². The molecule has 0 saturated carbocycles. The van der Waals surface area contributed by atoms with Gasteiger partial charge in [0.05, 0.1) is 0 Å². The van der Waals surface area contributed by atoms with E-state index in [9.17, 15) is 4.79 Å². The summed E-state index contributed by atoms with van der Waals surface area (Å²) in [6.07, 6.45) is 5.04. The molecule has 5 nitrogen and oxygen atoms in total. The number of amides is 1. The number of nitrogens with one attached hydrogen (secondary N) is 1. The fourth-order valence-corrected chi connectivity index (χ4v) is 5.23. The maximum Gasteiger partial charge on any atom is 0.220 e. The van der Waals surface area contributed by atoms with Gasteiger partial charge < -0.3 is 19.5 Å². The molecule has 1 aromatic heterocycles. The van der Waals surface area contributed by atoms with Crippen molar-refractivity contribution in [3.8, 4) is 11.5 Å². The molecule has 0 radical (unpaired) electrons. The van der Waals surface area contributed by atoms with E-state index in [-0.39, 0.29) is 11.8 Å². The predicted molar refractivity (Wildman–Crippen MR) is 146 cm³/mol. The van der Waals surface area contributed by atoms with Crippen molar-refractivity contribution in [2.45, 2.75) is 25.2 Å². The van der Waals surface area contributed by atoms with E-state index in [0.717, 1.165) is 47.8 Å². The van der Waals surface area contributed by atoms with E-state index in [2.05, 4.69) is 52.3 Å². The van der Waals surface area contributed by atoms with E-state index >= 15 is 0 Å². The number of hydrogen-bond acceptors (Lipinski definition) is 3. The number of halogens is 1. The van der Waals surface area contributed by atoms with Crippen LogP contribution in [0.2, 0.25) is 5.02 Å². The van der Waals surface area contributed by atoms with Crippen LogP contribution >= 0.6 is 11.6 Å². The van der Waals surface area contributed by atoms with Crippen LogP contribution in [0.25, 0.3) is 10.9 Å². The third kappa shape index (κ3) is 5.75. The highest BCUT2D eigenvalue weighted by molar-refractivity contribution is 6.30. The van der Waals surface area contributed by atoms with Gasteiger partial charge in [0.25, 0.3) is 0 Å². The number of hydrogen-bond donors (Lipinski definition) is 1. The molecule has 1 saturated heterocycles. The standard InChI is InChI=1S/C30H32ClN3O2/c1-33-21-28(26-9-2-3-10-29(26)33)27(20-30(35)32-15-18-34-16-4-5-17-34)22-7-6-8-25(19-22)36-24-13-11-23(31)12-14-24/h2-3,6-14,19,21,27H,4-5,15-18,20H2,1H3,(H,32,35)/t27-/m1/s1. The van der Waals surface area contributed by atoms with Gasteiger partial charge in [-0.3, -0.25) is 4.79 Å². The zero-order chi connectivity index (χ0) is 24.9. The predicted octanol–water partition coefficient (Wildman–Crippen LogP) is 6.36. The highest BCUT2D eigenvalue weighted by atomic mass is 35.5. The number of likely N-dealkylation sites (tertiary alicyclic amines) is 1. The average molecular weight is 502 g/mol. The molecule has 0 spiro atoms.